The van der Waals surface area contributed by atoms with Crippen molar-refractivity contribution >= 4 is 33.0 Å². The predicted molar refractivity (Wildman–Crippen MR) is 85.6 cm³/mol. The number of nitrogens with one attached hydrogen (secondary N) is 1. The number of oxime groups is 1. The molecule has 0 aliphatic heterocycles. The normalized spacial score (nSPS) is 16.1. The summed E-state index contributed by atoms with van der Waals surface area (Å²) in [6.07, 6.45) is 2.45. The molecule has 0 aromatic heterocycles. The van der Waals surface area contributed by atoms with E-state index in [2.05, 4.69) is 5.16 Å². The van der Waals surface area contributed by atoms with E-state index in [0.717, 1.165) is 18.9 Å². The summed E-state index contributed by atoms with van der Waals surface area (Å²) in [6.45, 7) is 2.15. The molecule has 0 unspecified atom stereocenters. The van der Waals surface area contributed by atoms with Gasteiger partial charge in [-0.1, -0.05) is 23.7 Å². The summed E-state index contributed by atoms with van der Waals surface area (Å²) in [5.74, 6) is 0.453. The average Bonchev–Trinajstić information content (AvgIpc) is 3.28. The van der Waals surface area contributed by atoms with Crippen LogP contribution in [0.4, 0.5) is 18.9 Å². The molecule has 134 valence electrons. The second kappa shape index (κ2) is 7.18. The fourth-order valence-electron chi connectivity index (χ4n) is 1.86. The van der Waals surface area contributed by atoms with Crippen LogP contribution < -0.4 is 4.72 Å². The van der Waals surface area contributed by atoms with E-state index in [4.69, 9.17) is 16.4 Å². The SMILES string of the molecule is CCC(=NOCC1CC1)c1cc(Cl)ccc1NS(=O)(=O)C(F)(F)F. The number of rotatable bonds is 7. The number of hydrogen-bond donors (Lipinski definition) is 1. The zero-order valence-electron chi connectivity index (χ0n) is 12.7. The molecular weight excluding hydrogens is 369 g/mol. The van der Waals surface area contributed by atoms with E-state index in [0.29, 0.717) is 24.7 Å². The summed E-state index contributed by atoms with van der Waals surface area (Å²) in [5, 5.41) is 4.17. The van der Waals surface area contributed by atoms with Gasteiger partial charge in [0.2, 0.25) is 0 Å². The molecule has 1 N–H and O–H groups in total. The minimum Gasteiger partial charge on any atom is -0.395 e. The largest absolute Gasteiger partial charge is 0.516 e. The second-order valence-corrected chi connectivity index (χ2v) is 7.48. The van der Waals surface area contributed by atoms with E-state index < -0.39 is 15.5 Å². The molecule has 0 amide bonds. The van der Waals surface area contributed by atoms with Crippen molar-refractivity contribution in [2.45, 2.75) is 31.7 Å². The van der Waals surface area contributed by atoms with E-state index in [1.165, 1.54) is 16.9 Å². The van der Waals surface area contributed by atoms with Crippen LogP contribution in [0.1, 0.15) is 31.7 Å². The van der Waals surface area contributed by atoms with Gasteiger partial charge < -0.3 is 4.84 Å². The van der Waals surface area contributed by atoms with Crippen molar-refractivity contribution in [1.29, 1.82) is 0 Å². The van der Waals surface area contributed by atoms with E-state index in [9.17, 15) is 21.6 Å². The maximum Gasteiger partial charge on any atom is 0.516 e. The van der Waals surface area contributed by atoms with Crippen molar-refractivity contribution in [3.63, 3.8) is 0 Å². The minimum absolute atomic E-state index is 0.147. The third-order valence-corrected chi connectivity index (χ3v) is 4.69. The van der Waals surface area contributed by atoms with Crippen LogP contribution in [0.5, 0.6) is 0 Å². The van der Waals surface area contributed by atoms with Crippen LogP contribution in [-0.2, 0) is 14.9 Å². The Balaban J connectivity index is 2.31. The minimum atomic E-state index is -5.54. The van der Waals surface area contributed by atoms with Gasteiger partial charge in [-0.3, -0.25) is 4.72 Å². The summed E-state index contributed by atoms with van der Waals surface area (Å²) < 4.78 is 62.0. The van der Waals surface area contributed by atoms with E-state index >= 15 is 0 Å². The third-order valence-electron chi connectivity index (χ3n) is 3.36. The fourth-order valence-corrected chi connectivity index (χ4v) is 2.61. The topological polar surface area (TPSA) is 67.8 Å². The van der Waals surface area contributed by atoms with Crippen LogP contribution in [0.2, 0.25) is 5.02 Å². The first-order valence-corrected chi connectivity index (χ1v) is 9.08. The molecule has 1 aromatic carbocycles. The van der Waals surface area contributed by atoms with Crippen molar-refractivity contribution in [2.24, 2.45) is 11.1 Å². The molecule has 24 heavy (non-hydrogen) atoms. The van der Waals surface area contributed by atoms with Crippen molar-refractivity contribution in [3.05, 3.63) is 28.8 Å². The smallest absolute Gasteiger partial charge is 0.395 e. The van der Waals surface area contributed by atoms with Gasteiger partial charge in [-0.05, 0) is 43.4 Å². The van der Waals surface area contributed by atoms with Crippen molar-refractivity contribution in [2.75, 3.05) is 11.3 Å². The highest BCUT2D eigenvalue weighted by Gasteiger charge is 2.46. The Hall–Kier alpha value is -1.48. The van der Waals surface area contributed by atoms with Gasteiger partial charge in [-0.15, -0.1) is 0 Å². The molecule has 10 heteroatoms. The molecular formula is C14H16ClF3N2O3S. The monoisotopic (exact) mass is 384 g/mol. The zero-order chi connectivity index (χ0) is 18.0. The van der Waals surface area contributed by atoms with Gasteiger partial charge in [0, 0.05) is 10.6 Å². The summed E-state index contributed by atoms with van der Waals surface area (Å²) in [5.41, 5.74) is -5.23. The van der Waals surface area contributed by atoms with E-state index in [1.54, 1.807) is 6.92 Å². The van der Waals surface area contributed by atoms with Gasteiger partial charge in [0.1, 0.15) is 6.61 Å². The van der Waals surface area contributed by atoms with Crippen LogP contribution in [0.15, 0.2) is 23.4 Å². The summed E-state index contributed by atoms with van der Waals surface area (Å²) in [4.78, 5) is 5.20. The molecule has 1 aromatic rings. The highest BCUT2D eigenvalue weighted by atomic mass is 35.5. The molecule has 0 saturated heterocycles. The Labute approximate surface area is 142 Å². The Morgan fingerprint density at radius 1 is 1.42 bits per heavy atom. The second-order valence-electron chi connectivity index (χ2n) is 5.37. The maximum absolute atomic E-state index is 12.6. The lowest BCUT2D eigenvalue weighted by molar-refractivity contribution is -0.0429. The van der Waals surface area contributed by atoms with Gasteiger partial charge >= 0.3 is 15.5 Å². The Morgan fingerprint density at radius 3 is 2.62 bits per heavy atom. The van der Waals surface area contributed by atoms with Crippen LogP contribution in [0, 0.1) is 5.92 Å². The number of anilines is 1. The van der Waals surface area contributed by atoms with Crippen LogP contribution in [0.25, 0.3) is 0 Å². The lowest BCUT2D eigenvalue weighted by Gasteiger charge is -2.15. The summed E-state index contributed by atoms with van der Waals surface area (Å²) in [6, 6.07) is 3.79. The Morgan fingerprint density at radius 2 is 2.08 bits per heavy atom. The van der Waals surface area contributed by atoms with Crippen LogP contribution in [0.3, 0.4) is 0 Å². The number of halogens is 4. The van der Waals surface area contributed by atoms with Gasteiger partial charge in [-0.25, -0.2) is 0 Å². The van der Waals surface area contributed by atoms with Crippen molar-refractivity contribution in [3.8, 4) is 0 Å². The highest BCUT2D eigenvalue weighted by molar-refractivity contribution is 7.93. The lowest BCUT2D eigenvalue weighted by Crippen LogP contribution is -2.30. The predicted octanol–water partition coefficient (Wildman–Crippen LogP) is 4.14. The first-order valence-electron chi connectivity index (χ1n) is 7.22. The molecule has 1 fully saturated rings. The first kappa shape index (κ1) is 18.9. The lowest BCUT2D eigenvalue weighted by atomic mass is 10.1. The number of nitrogens with zero attached hydrogens (tertiary/aromatic N) is 1. The summed E-state index contributed by atoms with van der Waals surface area (Å²) >= 11 is 5.88. The van der Waals surface area contributed by atoms with Crippen LogP contribution in [-0.4, -0.2) is 26.2 Å². The van der Waals surface area contributed by atoms with E-state index in [-0.39, 0.29) is 16.3 Å². The number of alkyl halides is 3. The zero-order valence-corrected chi connectivity index (χ0v) is 14.3. The van der Waals surface area contributed by atoms with E-state index in [1.807, 2.05) is 0 Å². The molecule has 1 aliphatic rings. The molecule has 0 bridgehead atoms. The fraction of sp³-hybridized carbons (Fsp3) is 0.500. The molecule has 5 nitrogen and oxygen atoms in total. The van der Waals surface area contributed by atoms with Gasteiger partial charge in [0.15, 0.2) is 0 Å². The Bertz CT molecular complexity index is 731. The van der Waals surface area contributed by atoms with Gasteiger partial charge in [0.05, 0.1) is 11.4 Å². The quantitative estimate of drug-likeness (QED) is 0.567. The number of sulfonamides is 1. The molecule has 0 radical (unpaired) electrons. The van der Waals surface area contributed by atoms with Crippen molar-refractivity contribution in [1.82, 2.24) is 0 Å². The third kappa shape index (κ3) is 4.76. The average molecular weight is 385 g/mol. The highest BCUT2D eigenvalue weighted by Crippen LogP contribution is 2.30. The maximum atomic E-state index is 12.6. The molecule has 0 heterocycles. The molecule has 0 spiro atoms. The number of hydrogen-bond acceptors (Lipinski definition) is 4. The first-order chi connectivity index (χ1) is 11.1. The van der Waals surface area contributed by atoms with Crippen molar-refractivity contribution < 1.29 is 26.4 Å². The van der Waals surface area contributed by atoms with Gasteiger partial charge in [0.25, 0.3) is 0 Å². The Kier molecular flexibility index (Phi) is 5.64. The van der Waals surface area contributed by atoms with Gasteiger partial charge in [-0.2, -0.15) is 21.6 Å². The molecule has 2 rings (SSSR count). The standard InChI is InChI=1S/C14H16ClF3N2O3S/c1-2-12(19-23-8-9-3-4-9)11-7-10(15)5-6-13(11)20-24(21,22)14(16,17)18/h5-7,9,20H,2-4,8H2,1H3. The molecule has 0 atom stereocenters. The molecule has 1 aliphatic carbocycles. The summed E-state index contributed by atoms with van der Waals surface area (Å²) in [7, 11) is -5.54. The molecule has 1 saturated carbocycles. The van der Waals surface area contributed by atoms with Crippen LogP contribution >= 0.6 is 11.6 Å². The number of benzene rings is 1.